The fourth-order valence-electron chi connectivity index (χ4n) is 8.09. The summed E-state index contributed by atoms with van der Waals surface area (Å²) >= 11 is 0. The highest BCUT2D eigenvalue weighted by Gasteiger charge is 2.23. The van der Waals surface area contributed by atoms with Crippen molar-refractivity contribution in [1.29, 1.82) is 0 Å². The van der Waals surface area contributed by atoms with E-state index in [0.29, 0.717) is 17.4 Å². The molecule has 2 N–H and O–H groups in total. The number of nitrogens with zero attached hydrogens (tertiary/aromatic N) is 1. The van der Waals surface area contributed by atoms with Crippen LogP contribution in [0.4, 0.5) is 0 Å². The minimum atomic E-state index is -4.59. The number of unbranched alkanes of at least 4 members (excludes halogenated alkanes) is 32. The van der Waals surface area contributed by atoms with Crippen LogP contribution in [-0.4, -0.2) is 68.5 Å². The fraction of sp³-hybridized carbons (Fsp3) is 0.842. The van der Waals surface area contributed by atoms with Crippen LogP contribution in [0.2, 0.25) is 0 Å². The summed E-state index contributed by atoms with van der Waals surface area (Å²) in [4.78, 5) is 25.2. The molecule has 0 aliphatic heterocycles. The number of likely N-dealkylation sites (N-methyl/N-ethyl adjacent to an activating group) is 1. The number of carbonyl (C=O) groups is 1. The summed E-state index contributed by atoms with van der Waals surface area (Å²) in [5.41, 5.74) is 0. The molecule has 0 aliphatic rings. The minimum absolute atomic E-state index is 0.00627. The number of aliphatic hydroxyl groups excluding tert-OH is 1. The van der Waals surface area contributed by atoms with Crippen LogP contribution in [-0.2, 0) is 18.4 Å². The highest BCUT2D eigenvalue weighted by Crippen LogP contribution is 2.38. The fourth-order valence-corrected chi connectivity index (χ4v) is 8.81. The molecular formula is C57H109N2O6P. The number of rotatable bonds is 51. The van der Waals surface area contributed by atoms with Crippen molar-refractivity contribution in [3.63, 3.8) is 0 Å². The topological polar surface area (TPSA) is 108 Å². The third-order valence-electron chi connectivity index (χ3n) is 12.5. The number of phosphoric acid groups is 1. The zero-order chi connectivity index (χ0) is 48.5. The van der Waals surface area contributed by atoms with Gasteiger partial charge in [0.15, 0.2) is 0 Å². The Balaban J connectivity index is 3.77. The van der Waals surface area contributed by atoms with Gasteiger partial charge < -0.3 is 28.8 Å². The summed E-state index contributed by atoms with van der Waals surface area (Å²) in [6, 6.07) is -0.899. The van der Waals surface area contributed by atoms with E-state index < -0.39 is 26.6 Å². The predicted molar refractivity (Wildman–Crippen MR) is 284 cm³/mol. The molecule has 0 rings (SSSR count). The average Bonchev–Trinajstić information content (AvgIpc) is 3.28. The molecule has 0 fully saturated rings. The summed E-state index contributed by atoms with van der Waals surface area (Å²) in [5.74, 6) is -0.209. The molecule has 3 atom stereocenters. The SMILES string of the molecule is CCC/C=C/CC/C=C/C(O)C(COP(=O)([O-])OCC[N+](C)(C)C)NC(=O)CCCCCCCCCCCCCCCCCCCCCCCCCCC/C=C\C/C=C\CCCCCCC. The molecule has 9 heteroatoms. The van der Waals surface area contributed by atoms with Crippen molar-refractivity contribution in [3.05, 3.63) is 48.6 Å². The van der Waals surface area contributed by atoms with E-state index in [1.54, 1.807) is 6.08 Å². The summed E-state index contributed by atoms with van der Waals surface area (Å²) in [6.07, 6.45) is 64.0. The van der Waals surface area contributed by atoms with Crippen LogP contribution in [0.3, 0.4) is 0 Å². The van der Waals surface area contributed by atoms with Crippen molar-refractivity contribution in [2.75, 3.05) is 40.9 Å². The number of nitrogens with one attached hydrogen (secondary N) is 1. The van der Waals surface area contributed by atoms with Crippen LogP contribution in [0.25, 0.3) is 0 Å². The molecule has 3 unspecified atom stereocenters. The van der Waals surface area contributed by atoms with Gasteiger partial charge in [0.1, 0.15) is 13.2 Å². The maximum atomic E-state index is 12.8. The van der Waals surface area contributed by atoms with Crippen LogP contribution in [0, 0.1) is 0 Å². The Bertz CT molecular complexity index is 1210. The molecule has 0 aromatic rings. The molecule has 388 valence electrons. The molecule has 0 spiro atoms. The van der Waals surface area contributed by atoms with Gasteiger partial charge in [-0.2, -0.15) is 0 Å². The lowest BCUT2D eigenvalue weighted by molar-refractivity contribution is -0.870. The van der Waals surface area contributed by atoms with Crippen molar-refractivity contribution in [2.24, 2.45) is 0 Å². The third kappa shape index (κ3) is 50.3. The quantitative estimate of drug-likeness (QED) is 0.0272. The van der Waals surface area contributed by atoms with Crippen molar-refractivity contribution in [1.82, 2.24) is 5.32 Å². The number of aliphatic hydroxyl groups is 1. The minimum Gasteiger partial charge on any atom is -0.756 e. The number of allylic oxidation sites excluding steroid dienone is 7. The first-order chi connectivity index (χ1) is 32.0. The highest BCUT2D eigenvalue weighted by molar-refractivity contribution is 7.45. The van der Waals surface area contributed by atoms with E-state index in [0.717, 1.165) is 51.4 Å². The van der Waals surface area contributed by atoms with Crippen LogP contribution in [0.1, 0.15) is 258 Å². The number of carbonyl (C=O) groups excluding carboxylic acids is 1. The summed E-state index contributed by atoms with van der Waals surface area (Å²) in [6.45, 7) is 4.51. The van der Waals surface area contributed by atoms with E-state index in [1.807, 2.05) is 27.2 Å². The standard InChI is InChI=1S/C57H109N2O6P/c1-6-8-10-12-14-15-16-17-18-19-20-21-22-23-24-25-26-27-28-29-30-31-32-33-34-35-36-37-38-39-40-41-42-43-45-47-49-51-57(61)58-55(56(60)50-48-46-44-13-11-9-7-2)54-65-66(62,63)64-53-52-59(3,4)5/h11,13,16-17,19-20,48,50,55-56,60H,6-10,12,14-15,18,21-47,49,51-54H2,1-5H3,(H-,58,61,62,63)/b13-11+,17-16-,20-19-,50-48+. The maximum Gasteiger partial charge on any atom is 0.268 e. The van der Waals surface area contributed by atoms with E-state index in [-0.39, 0.29) is 12.5 Å². The first-order valence-corrected chi connectivity index (χ1v) is 29.5. The lowest BCUT2D eigenvalue weighted by Crippen LogP contribution is -2.45. The van der Waals surface area contributed by atoms with Crippen molar-refractivity contribution in [3.8, 4) is 0 Å². The van der Waals surface area contributed by atoms with Crippen LogP contribution in [0.5, 0.6) is 0 Å². The second-order valence-corrected chi connectivity index (χ2v) is 21.7. The molecule has 0 aromatic carbocycles. The second-order valence-electron chi connectivity index (χ2n) is 20.3. The van der Waals surface area contributed by atoms with E-state index in [1.165, 1.54) is 186 Å². The lowest BCUT2D eigenvalue weighted by Gasteiger charge is -2.29. The Kier molecular flexibility index (Phi) is 47.4. The molecule has 1 amide bonds. The van der Waals surface area contributed by atoms with Gasteiger partial charge in [-0.05, 0) is 57.8 Å². The van der Waals surface area contributed by atoms with E-state index in [9.17, 15) is 19.4 Å². The third-order valence-corrected chi connectivity index (χ3v) is 13.5. The molecule has 0 aromatic heterocycles. The Labute approximate surface area is 409 Å². The van der Waals surface area contributed by atoms with E-state index >= 15 is 0 Å². The van der Waals surface area contributed by atoms with Gasteiger partial charge in [0, 0.05) is 6.42 Å². The predicted octanol–water partition coefficient (Wildman–Crippen LogP) is 16.1. The van der Waals surface area contributed by atoms with Crippen molar-refractivity contribution in [2.45, 2.75) is 270 Å². The van der Waals surface area contributed by atoms with Gasteiger partial charge in [-0.25, -0.2) is 0 Å². The highest BCUT2D eigenvalue weighted by atomic mass is 31.2. The molecule has 0 heterocycles. The van der Waals surface area contributed by atoms with Crippen molar-refractivity contribution >= 4 is 13.7 Å². The maximum absolute atomic E-state index is 12.8. The molecule has 66 heavy (non-hydrogen) atoms. The van der Waals surface area contributed by atoms with Crippen LogP contribution >= 0.6 is 7.82 Å². The van der Waals surface area contributed by atoms with Crippen molar-refractivity contribution < 1.29 is 32.9 Å². The van der Waals surface area contributed by atoms with Crippen LogP contribution < -0.4 is 10.2 Å². The average molecular weight is 949 g/mol. The van der Waals surface area contributed by atoms with Gasteiger partial charge in [0.25, 0.3) is 7.82 Å². The molecule has 0 saturated carbocycles. The van der Waals surface area contributed by atoms with Gasteiger partial charge in [0.2, 0.25) is 5.91 Å². The summed E-state index contributed by atoms with van der Waals surface area (Å²) < 4.78 is 23.1. The summed E-state index contributed by atoms with van der Waals surface area (Å²) in [7, 11) is 1.24. The van der Waals surface area contributed by atoms with Gasteiger partial charge >= 0.3 is 0 Å². The Hall–Kier alpha value is -1.54. The number of quaternary nitrogens is 1. The monoisotopic (exact) mass is 949 g/mol. The molecule has 0 aliphatic carbocycles. The normalized spacial score (nSPS) is 14.3. The summed E-state index contributed by atoms with van der Waals surface area (Å²) in [5, 5.41) is 13.7. The first kappa shape index (κ1) is 64.5. The second kappa shape index (κ2) is 48.5. The van der Waals surface area contributed by atoms with E-state index in [4.69, 9.17) is 9.05 Å². The number of phosphoric ester groups is 1. The molecule has 8 nitrogen and oxygen atoms in total. The number of hydrogen-bond acceptors (Lipinski definition) is 6. The number of hydrogen-bond donors (Lipinski definition) is 2. The lowest BCUT2D eigenvalue weighted by atomic mass is 10.0. The Morgan fingerprint density at radius 1 is 0.530 bits per heavy atom. The van der Waals surface area contributed by atoms with Crippen LogP contribution in [0.15, 0.2) is 48.6 Å². The Morgan fingerprint density at radius 3 is 1.36 bits per heavy atom. The molecule has 0 radical (unpaired) electrons. The molecular weight excluding hydrogens is 840 g/mol. The molecule has 0 bridgehead atoms. The Morgan fingerprint density at radius 2 is 0.924 bits per heavy atom. The largest absolute Gasteiger partial charge is 0.756 e. The number of amides is 1. The molecule has 0 saturated heterocycles. The first-order valence-electron chi connectivity index (χ1n) is 28.0. The van der Waals surface area contributed by atoms with E-state index in [2.05, 4.69) is 55.6 Å². The van der Waals surface area contributed by atoms with Gasteiger partial charge in [-0.3, -0.25) is 9.36 Å². The zero-order valence-corrected chi connectivity index (χ0v) is 45.0. The van der Waals surface area contributed by atoms with Gasteiger partial charge in [-0.1, -0.05) is 242 Å². The van der Waals surface area contributed by atoms with Gasteiger partial charge in [0.05, 0.1) is 39.9 Å². The zero-order valence-electron chi connectivity index (χ0n) is 44.1. The van der Waals surface area contributed by atoms with Gasteiger partial charge in [-0.15, -0.1) is 0 Å². The smallest absolute Gasteiger partial charge is 0.268 e.